The zero-order valence-electron chi connectivity index (χ0n) is 9.90. The normalized spacial score (nSPS) is 22.5. The van der Waals surface area contributed by atoms with E-state index in [2.05, 4.69) is 22.3 Å². The van der Waals surface area contributed by atoms with Crippen LogP contribution in [0, 0.1) is 0 Å². The molecule has 1 aromatic rings. The first-order chi connectivity index (χ1) is 7.78. The van der Waals surface area contributed by atoms with E-state index in [9.17, 15) is 0 Å². The topological polar surface area (TPSA) is 50.5 Å². The van der Waals surface area contributed by atoms with Gasteiger partial charge in [-0.2, -0.15) is 0 Å². The predicted molar refractivity (Wildman–Crippen MR) is 60.0 cm³/mol. The van der Waals surface area contributed by atoms with Gasteiger partial charge in [0.25, 0.3) is 0 Å². The van der Waals surface area contributed by atoms with Crippen molar-refractivity contribution in [3.63, 3.8) is 0 Å². The molecule has 2 heterocycles. The first-order valence-electron chi connectivity index (χ1n) is 5.67. The van der Waals surface area contributed by atoms with Crippen molar-refractivity contribution in [2.45, 2.75) is 26.1 Å². The average Bonchev–Trinajstić information content (AvgIpc) is 2.66. The molecule has 1 aromatic heterocycles. The molecule has 0 amide bonds. The van der Waals surface area contributed by atoms with Gasteiger partial charge in [-0.3, -0.25) is 4.90 Å². The van der Waals surface area contributed by atoms with Gasteiger partial charge in [-0.15, -0.1) is 0 Å². The Morgan fingerprint density at radius 1 is 1.69 bits per heavy atom. The van der Waals surface area contributed by atoms with Gasteiger partial charge in [-0.25, -0.2) is 0 Å². The standard InChI is InChI=1S/C11H19N3O2/c1-9-6-14(4-3-12-9)7-10-5-11(8-15-2)16-13-10/h5,9,12H,3-4,6-8H2,1-2H3/t9-/m1/s1. The highest BCUT2D eigenvalue weighted by atomic mass is 16.5. The Kier molecular flexibility index (Phi) is 3.93. The summed E-state index contributed by atoms with van der Waals surface area (Å²) in [5.74, 6) is 0.792. The molecule has 1 fully saturated rings. The molecule has 1 N–H and O–H groups in total. The summed E-state index contributed by atoms with van der Waals surface area (Å²) in [5.41, 5.74) is 0.987. The third kappa shape index (κ3) is 3.04. The van der Waals surface area contributed by atoms with Gasteiger partial charge in [0.2, 0.25) is 0 Å². The van der Waals surface area contributed by atoms with Crippen molar-refractivity contribution in [1.82, 2.24) is 15.4 Å². The van der Waals surface area contributed by atoms with Crippen LogP contribution in [0.5, 0.6) is 0 Å². The summed E-state index contributed by atoms with van der Waals surface area (Å²) in [6.45, 7) is 6.72. The van der Waals surface area contributed by atoms with Gasteiger partial charge in [0, 0.05) is 45.4 Å². The van der Waals surface area contributed by atoms with Gasteiger partial charge in [0.1, 0.15) is 6.61 Å². The fourth-order valence-electron chi connectivity index (χ4n) is 2.03. The molecule has 1 atom stereocenters. The van der Waals surface area contributed by atoms with E-state index in [0.717, 1.165) is 37.6 Å². The van der Waals surface area contributed by atoms with Crippen LogP contribution in [0.2, 0.25) is 0 Å². The highest BCUT2D eigenvalue weighted by Crippen LogP contribution is 2.09. The molecule has 0 aliphatic carbocycles. The monoisotopic (exact) mass is 225 g/mol. The number of ether oxygens (including phenoxy) is 1. The summed E-state index contributed by atoms with van der Waals surface area (Å²) in [6, 6.07) is 2.52. The molecule has 5 nitrogen and oxygen atoms in total. The van der Waals surface area contributed by atoms with Crippen molar-refractivity contribution in [3.05, 3.63) is 17.5 Å². The zero-order chi connectivity index (χ0) is 11.4. The Bertz CT molecular complexity index is 327. The maximum Gasteiger partial charge on any atom is 0.162 e. The van der Waals surface area contributed by atoms with Gasteiger partial charge in [0.15, 0.2) is 5.76 Å². The summed E-state index contributed by atoms with van der Waals surface area (Å²) in [7, 11) is 1.65. The molecule has 0 spiro atoms. The van der Waals surface area contributed by atoms with Crippen LogP contribution in [0.25, 0.3) is 0 Å². The van der Waals surface area contributed by atoms with Crippen LogP contribution < -0.4 is 5.32 Å². The van der Waals surface area contributed by atoms with Crippen molar-refractivity contribution in [1.29, 1.82) is 0 Å². The lowest BCUT2D eigenvalue weighted by Gasteiger charge is -2.30. The Balaban J connectivity index is 1.87. The largest absolute Gasteiger partial charge is 0.377 e. The quantitative estimate of drug-likeness (QED) is 0.814. The predicted octanol–water partition coefficient (Wildman–Crippen LogP) is 0.615. The highest BCUT2D eigenvalue weighted by molar-refractivity contribution is 5.04. The molecule has 5 heteroatoms. The fraction of sp³-hybridized carbons (Fsp3) is 0.727. The molecule has 1 aliphatic rings. The number of rotatable bonds is 4. The number of aromatic nitrogens is 1. The van der Waals surface area contributed by atoms with E-state index >= 15 is 0 Å². The van der Waals surface area contributed by atoms with E-state index in [4.69, 9.17) is 9.26 Å². The smallest absolute Gasteiger partial charge is 0.162 e. The van der Waals surface area contributed by atoms with Crippen molar-refractivity contribution in [3.8, 4) is 0 Å². The van der Waals surface area contributed by atoms with Crippen molar-refractivity contribution in [2.75, 3.05) is 26.7 Å². The van der Waals surface area contributed by atoms with Crippen LogP contribution >= 0.6 is 0 Å². The number of nitrogens with one attached hydrogen (secondary N) is 1. The van der Waals surface area contributed by atoms with E-state index < -0.39 is 0 Å². The third-order valence-corrected chi connectivity index (χ3v) is 2.73. The lowest BCUT2D eigenvalue weighted by Crippen LogP contribution is -2.48. The lowest BCUT2D eigenvalue weighted by atomic mass is 10.2. The van der Waals surface area contributed by atoms with Crippen molar-refractivity contribution >= 4 is 0 Å². The van der Waals surface area contributed by atoms with Crippen LogP contribution in [0.3, 0.4) is 0 Å². The van der Waals surface area contributed by atoms with Crippen molar-refractivity contribution < 1.29 is 9.26 Å². The number of methoxy groups -OCH3 is 1. The fourth-order valence-corrected chi connectivity index (χ4v) is 2.03. The summed E-state index contributed by atoms with van der Waals surface area (Å²) in [4.78, 5) is 2.38. The number of nitrogens with zero attached hydrogens (tertiary/aromatic N) is 2. The third-order valence-electron chi connectivity index (χ3n) is 2.73. The van der Waals surface area contributed by atoms with E-state index in [1.165, 1.54) is 0 Å². The van der Waals surface area contributed by atoms with Crippen molar-refractivity contribution in [2.24, 2.45) is 0 Å². The minimum atomic E-state index is 0.491. The molecule has 0 radical (unpaired) electrons. The number of hydrogen-bond acceptors (Lipinski definition) is 5. The van der Waals surface area contributed by atoms with Gasteiger partial charge in [0.05, 0.1) is 5.69 Å². The maximum absolute atomic E-state index is 5.16. The zero-order valence-corrected chi connectivity index (χ0v) is 9.90. The van der Waals surface area contributed by atoms with Gasteiger partial charge >= 0.3 is 0 Å². The molecule has 1 saturated heterocycles. The molecule has 0 aromatic carbocycles. The van der Waals surface area contributed by atoms with Crippen LogP contribution in [0.1, 0.15) is 18.4 Å². The first kappa shape index (κ1) is 11.6. The molecule has 0 bridgehead atoms. The van der Waals surface area contributed by atoms with Crippen LogP contribution in [-0.4, -0.2) is 42.8 Å². The van der Waals surface area contributed by atoms with E-state index in [0.29, 0.717) is 12.6 Å². The summed E-state index contributed by atoms with van der Waals surface area (Å²) in [5, 5.41) is 7.45. The summed E-state index contributed by atoms with van der Waals surface area (Å²) < 4.78 is 10.1. The van der Waals surface area contributed by atoms with E-state index in [-0.39, 0.29) is 0 Å². The second kappa shape index (κ2) is 5.43. The Morgan fingerprint density at radius 3 is 3.31 bits per heavy atom. The molecule has 2 rings (SSSR count). The molecule has 90 valence electrons. The number of piperazine rings is 1. The Hall–Kier alpha value is -0.910. The summed E-state index contributed by atoms with van der Waals surface area (Å²) >= 11 is 0. The molecule has 1 aliphatic heterocycles. The number of hydrogen-bond donors (Lipinski definition) is 1. The molecular formula is C11H19N3O2. The molecule has 0 unspecified atom stereocenters. The SMILES string of the molecule is COCc1cc(CN2CCN[C@H](C)C2)no1. The lowest BCUT2D eigenvalue weighted by molar-refractivity contribution is 0.155. The van der Waals surface area contributed by atoms with Gasteiger partial charge in [-0.1, -0.05) is 5.16 Å². The van der Waals surface area contributed by atoms with Gasteiger partial charge < -0.3 is 14.6 Å². The van der Waals surface area contributed by atoms with E-state index in [1.54, 1.807) is 7.11 Å². The summed E-state index contributed by atoms with van der Waals surface area (Å²) in [6.07, 6.45) is 0. The highest BCUT2D eigenvalue weighted by Gasteiger charge is 2.17. The Morgan fingerprint density at radius 2 is 2.56 bits per heavy atom. The maximum atomic E-state index is 5.16. The van der Waals surface area contributed by atoms with Crippen LogP contribution in [-0.2, 0) is 17.9 Å². The minimum absolute atomic E-state index is 0.491. The Labute approximate surface area is 95.7 Å². The second-order valence-corrected chi connectivity index (χ2v) is 4.31. The first-order valence-corrected chi connectivity index (χ1v) is 5.67. The van der Waals surface area contributed by atoms with E-state index in [1.807, 2.05) is 6.07 Å². The average molecular weight is 225 g/mol. The van der Waals surface area contributed by atoms with Crippen LogP contribution in [0.4, 0.5) is 0 Å². The van der Waals surface area contributed by atoms with Crippen LogP contribution in [0.15, 0.2) is 10.6 Å². The molecule has 16 heavy (non-hydrogen) atoms. The molecular weight excluding hydrogens is 206 g/mol. The molecule has 0 saturated carbocycles. The van der Waals surface area contributed by atoms with Gasteiger partial charge in [-0.05, 0) is 6.92 Å². The second-order valence-electron chi connectivity index (χ2n) is 4.31. The minimum Gasteiger partial charge on any atom is -0.377 e.